The van der Waals surface area contributed by atoms with Crippen molar-refractivity contribution in [3.63, 3.8) is 0 Å². The largest absolute Gasteiger partial charge is 0.336 e. The Morgan fingerprint density at radius 3 is 2.38 bits per heavy atom. The molecule has 0 aliphatic heterocycles. The molecule has 2 N–H and O–H groups in total. The van der Waals surface area contributed by atoms with Gasteiger partial charge in [0.05, 0.1) is 6.54 Å². The molecule has 0 heterocycles. The van der Waals surface area contributed by atoms with Gasteiger partial charge in [-0.3, -0.25) is 9.59 Å². The van der Waals surface area contributed by atoms with Crippen LogP contribution >= 0.6 is 12.4 Å². The highest BCUT2D eigenvalue weighted by molar-refractivity contribution is 5.94. The fourth-order valence-electron chi connectivity index (χ4n) is 1.75. The number of aryl methyl sites for hydroxylation is 1. The molecule has 5 nitrogen and oxygen atoms in total. The molecular weight excluding hydrogens is 290 g/mol. The predicted molar refractivity (Wildman–Crippen MR) is 87.9 cm³/mol. The molecule has 0 aliphatic rings. The van der Waals surface area contributed by atoms with Crippen LogP contribution in [0.25, 0.3) is 0 Å². The molecule has 0 saturated heterocycles. The Kier molecular flexibility index (Phi) is 9.41. The fourth-order valence-corrected chi connectivity index (χ4v) is 1.75. The smallest absolute Gasteiger partial charge is 0.243 e. The van der Waals surface area contributed by atoms with Crippen molar-refractivity contribution in [2.45, 2.75) is 19.8 Å². The monoisotopic (exact) mass is 313 g/mol. The van der Waals surface area contributed by atoms with E-state index in [-0.39, 0.29) is 30.8 Å². The first-order valence-electron chi connectivity index (χ1n) is 6.78. The molecule has 1 aromatic rings. The van der Waals surface area contributed by atoms with Crippen LogP contribution in [0.2, 0.25) is 0 Å². The van der Waals surface area contributed by atoms with Gasteiger partial charge in [0.15, 0.2) is 0 Å². The zero-order chi connectivity index (χ0) is 15.0. The van der Waals surface area contributed by atoms with Gasteiger partial charge in [-0.05, 0) is 39.1 Å². The van der Waals surface area contributed by atoms with Gasteiger partial charge in [0.1, 0.15) is 0 Å². The summed E-state index contributed by atoms with van der Waals surface area (Å²) in [6.45, 7) is 2.87. The molecule has 0 atom stereocenters. The van der Waals surface area contributed by atoms with Crippen molar-refractivity contribution in [1.82, 2.24) is 10.2 Å². The minimum Gasteiger partial charge on any atom is -0.336 e. The number of likely N-dealkylation sites (N-methyl/N-ethyl adjacent to an activating group) is 1. The maximum absolute atomic E-state index is 11.8. The zero-order valence-electron chi connectivity index (χ0n) is 12.8. The van der Waals surface area contributed by atoms with Gasteiger partial charge in [-0.15, -0.1) is 12.4 Å². The van der Waals surface area contributed by atoms with Crippen LogP contribution in [0.4, 0.5) is 5.69 Å². The van der Waals surface area contributed by atoms with Gasteiger partial charge in [0.25, 0.3) is 0 Å². The predicted octanol–water partition coefficient (Wildman–Crippen LogP) is 1.81. The number of amides is 2. The van der Waals surface area contributed by atoms with E-state index in [1.807, 2.05) is 38.2 Å². The van der Waals surface area contributed by atoms with E-state index in [4.69, 9.17) is 0 Å². The van der Waals surface area contributed by atoms with Crippen molar-refractivity contribution in [2.24, 2.45) is 0 Å². The molecule has 6 heteroatoms. The Morgan fingerprint density at radius 2 is 1.81 bits per heavy atom. The maximum atomic E-state index is 11.8. The quantitative estimate of drug-likeness (QED) is 0.755. The Balaban J connectivity index is 0.00000400. The van der Waals surface area contributed by atoms with Crippen molar-refractivity contribution in [3.05, 3.63) is 29.8 Å². The fraction of sp³-hybridized carbons (Fsp3) is 0.467. The van der Waals surface area contributed by atoms with Crippen LogP contribution in [0.5, 0.6) is 0 Å². The summed E-state index contributed by atoms with van der Waals surface area (Å²) in [5.74, 6) is -0.197. The number of carbonyl (C=O) groups excluding carboxylic acids is 2. The zero-order valence-corrected chi connectivity index (χ0v) is 13.6. The van der Waals surface area contributed by atoms with Crippen LogP contribution < -0.4 is 10.6 Å². The van der Waals surface area contributed by atoms with Gasteiger partial charge < -0.3 is 15.5 Å². The molecule has 0 saturated carbocycles. The normalized spacial score (nSPS) is 9.67. The first-order valence-corrected chi connectivity index (χ1v) is 6.78. The topological polar surface area (TPSA) is 61.4 Å². The SMILES string of the molecule is CNCCCC(=O)N(C)CC(=O)Nc1ccc(C)cc1.Cl. The lowest BCUT2D eigenvalue weighted by Crippen LogP contribution is -2.35. The second kappa shape index (κ2) is 10.2. The molecule has 0 fully saturated rings. The number of carbonyl (C=O) groups is 2. The number of benzene rings is 1. The summed E-state index contributed by atoms with van der Waals surface area (Å²) < 4.78 is 0. The molecule has 2 amide bonds. The molecule has 1 aromatic carbocycles. The number of rotatable bonds is 7. The summed E-state index contributed by atoms with van der Waals surface area (Å²) in [5, 5.41) is 5.77. The third kappa shape index (κ3) is 7.68. The Morgan fingerprint density at radius 1 is 1.19 bits per heavy atom. The molecule has 118 valence electrons. The molecule has 0 bridgehead atoms. The summed E-state index contributed by atoms with van der Waals surface area (Å²) in [6.07, 6.45) is 1.23. The van der Waals surface area contributed by atoms with Gasteiger partial charge in [-0.25, -0.2) is 0 Å². The van der Waals surface area contributed by atoms with E-state index in [9.17, 15) is 9.59 Å². The molecule has 0 aliphatic carbocycles. The molecular formula is C15H24ClN3O2. The lowest BCUT2D eigenvalue weighted by molar-refractivity contribution is -0.133. The van der Waals surface area contributed by atoms with Crippen LogP contribution in [-0.2, 0) is 9.59 Å². The lowest BCUT2D eigenvalue weighted by atomic mass is 10.2. The van der Waals surface area contributed by atoms with E-state index < -0.39 is 0 Å². The number of hydrogen-bond acceptors (Lipinski definition) is 3. The molecule has 0 aromatic heterocycles. The third-order valence-corrected chi connectivity index (χ3v) is 2.96. The molecule has 1 rings (SSSR count). The average Bonchev–Trinajstić information content (AvgIpc) is 2.41. The van der Waals surface area contributed by atoms with Crippen molar-refractivity contribution in [1.29, 1.82) is 0 Å². The van der Waals surface area contributed by atoms with E-state index in [2.05, 4.69) is 10.6 Å². The number of hydrogen-bond donors (Lipinski definition) is 2. The maximum Gasteiger partial charge on any atom is 0.243 e. The van der Waals surface area contributed by atoms with Gasteiger partial charge >= 0.3 is 0 Å². The summed E-state index contributed by atoms with van der Waals surface area (Å²) in [5.41, 5.74) is 1.89. The van der Waals surface area contributed by atoms with Crippen LogP contribution in [0, 0.1) is 6.92 Å². The minimum atomic E-state index is -0.182. The highest BCUT2D eigenvalue weighted by Gasteiger charge is 2.12. The lowest BCUT2D eigenvalue weighted by Gasteiger charge is -2.16. The van der Waals surface area contributed by atoms with Crippen molar-refractivity contribution in [2.75, 3.05) is 32.5 Å². The highest BCUT2D eigenvalue weighted by Crippen LogP contribution is 2.08. The van der Waals surface area contributed by atoms with Crippen LogP contribution in [0.3, 0.4) is 0 Å². The molecule has 0 unspecified atom stereocenters. The number of anilines is 1. The Hall–Kier alpha value is -1.59. The Bertz CT molecular complexity index is 449. The van der Waals surface area contributed by atoms with Crippen molar-refractivity contribution < 1.29 is 9.59 Å². The Labute approximate surface area is 132 Å². The van der Waals surface area contributed by atoms with E-state index >= 15 is 0 Å². The summed E-state index contributed by atoms with van der Waals surface area (Å²) >= 11 is 0. The molecule has 0 spiro atoms. The first kappa shape index (κ1) is 19.4. The third-order valence-electron chi connectivity index (χ3n) is 2.96. The van der Waals surface area contributed by atoms with E-state index in [1.54, 1.807) is 7.05 Å². The van der Waals surface area contributed by atoms with E-state index in [1.165, 1.54) is 4.90 Å². The summed E-state index contributed by atoms with van der Waals surface area (Å²) in [7, 11) is 3.50. The number of nitrogens with zero attached hydrogens (tertiary/aromatic N) is 1. The van der Waals surface area contributed by atoms with Gasteiger partial charge in [-0.1, -0.05) is 17.7 Å². The molecule has 0 radical (unpaired) electrons. The van der Waals surface area contributed by atoms with Crippen molar-refractivity contribution in [3.8, 4) is 0 Å². The van der Waals surface area contributed by atoms with Crippen LogP contribution in [0.15, 0.2) is 24.3 Å². The summed E-state index contributed by atoms with van der Waals surface area (Å²) in [6, 6.07) is 7.56. The van der Waals surface area contributed by atoms with Gasteiger partial charge in [0, 0.05) is 19.2 Å². The van der Waals surface area contributed by atoms with Crippen LogP contribution in [0.1, 0.15) is 18.4 Å². The van der Waals surface area contributed by atoms with Gasteiger partial charge in [-0.2, -0.15) is 0 Å². The summed E-state index contributed by atoms with van der Waals surface area (Å²) in [4.78, 5) is 25.1. The van der Waals surface area contributed by atoms with Crippen LogP contribution in [-0.4, -0.2) is 43.9 Å². The second-order valence-electron chi connectivity index (χ2n) is 4.87. The van der Waals surface area contributed by atoms with Gasteiger partial charge in [0.2, 0.25) is 11.8 Å². The number of nitrogens with one attached hydrogen (secondary N) is 2. The van der Waals surface area contributed by atoms with E-state index in [0.29, 0.717) is 6.42 Å². The minimum absolute atomic E-state index is 0. The van der Waals surface area contributed by atoms with Crippen molar-refractivity contribution >= 4 is 29.9 Å². The second-order valence-corrected chi connectivity index (χ2v) is 4.87. The average molecular weight is 314 g/mol. The number of halogens is 1. The highest BCUT2D eigenvalue weighted by atomic mass is 35.5. The first-order chi connectivity index (χ1) is 9.52. The van der Waals surface area contributed by atoms with E-state index in [0.717, 1.165) is 24.2 Å². The standard InChI is InChI=1S/C15H23N3O2.ClH/c1-12-6-8-13(9-7-12)17-14(19)11-18(3)15(20)5-4-10-16-2;/h6-9,16H,4-5,10-11H2,1-3H3,(H,17,19);1H. The molecule has 21 heavy (non-hydrogen) atoms.